The molecule has 2 atom stereocenters. The molecule has 2 aromatic rings. The molecule has 0 unspecified atom stereocenters. The van der Waals surface area contributed by atoms with E-state index < -0.39 is 0 Å². The van der Waals surface area contributed by atoms with E-state index in [1.165, 1.54) is 0 Å². The molecule has 1 saturated heterocycles. The number of pyridine rings is 1. The Kier molecular flexibility index (Phi) is 4.97. The van der Waals surface area contributed by atoms with Crippen molar-refractivity contribution in [2.75, 3.05) is 6.61 Å². The zero-order valence-electron chi connectivity index (χ0n) is 13.1. The molecule has 1 N–H and O–H groups in total. The minimum atomic E-state index is -0.0365. The van der Waals surface area contributed by atoms with Crippen LogP contribution >= 0.6 is 0 Å². The SMILES string of the molecule is C[C@@H](NC(=O)CCc1nc(-c2ccccn2)no1)[C@@H]1CCCO1. The second-order valence-electron chi connectivity index (χ2n) is 5.63. The molecule has 0 saturated carbocycles. The van der Waals surface area contributed by atoms with Gasteiger partial charge in [0.15, 0.2) is 0 Å². The van der Waals surface area contributed by atoms with Crippen LogP contribution in [0.4, 0.5) is 0 Å². The molecule has 0 spiro atoms. The summed E-state index contributed by atoms with van der Waals surface area (Å²) in [4.78, 5) is 20.4. The van der Waals surface area contributed by atoms with Gasteiger partial charge in [-0.3, -0.25) is 9.78 Å². The number of carbonyl (C=O) groups excluding carboxylic acids is 1. The zero-order chi connectivity index (χ0) is 16.1. The van der Waals surface area contributed by atoms with Crippen molar-refractivity contribution in [1.82, 2.24) is 20.4 Å². The summed E-state index contributed by atoms with van der Waals surface area (Å²) in [7, 11) is 0. The zero-order valence-corrected chi connectivity index (χ0v) is 13.1. The van der Waals surface area contributed by atoms with Gasteiger partial charge in [-0.2, -0.15) is 4.98 Å². The molecule has 3 heterocycles. The molecule has 1 aliphatic heterocycles. The first-order chi connectivity index (χ1) is 11.2. The summed E-state index contributed by atoms with van der Waals surface area (Å²) in [6.07, 6.45) is 4.57. The van der Waals surface area contributed by atoms with Gasteiger partial charge < -0.3 is 14.6 Å². The number of carbonyl (C=O) groups is 1. The summed E-state index contributed by atoms with van der Waals surface area (Å²) in [5.74, 6) is 0.838. The van der Waals surface area contributed by atoms with Crippen LogP contribution in [0.25, 0.3) is 11.5 Å². The molecule has 1 aliphatic rings. The molecular formula is C16H20N4O3. The summed E-state index contributed by atoms with van der Waals surface area (Å²) >= 11 is 0. The van der Waals surface area contributed by atoms with Crippen molar-refractivity contribution in [3.8, 4) is 11.5 Å². The van der Waals surface area contributed by atoms with Crippen molar-refractivity contribution in [3.63, 3.8) is 0 Å². The third kappa shape index (κ3) is 4.13. The fourth-order valence-corrected chi connectivity index (χ4v) is 2.59. The highest BCUT2D eigenvalue weighted by molar-refractivity contribution is 5.76. The lowest BCUT2D eigenvalue weighted by molar-refractivity contribution is -0.122. The number of nitrogens with one attached hydrogen (secondary N) is 1. The van der Waals surface area contributed by atoms with Crippen molar-refractivity contribution in [3.05, 3.63) is 30.3 Å². The molecule has 0 bridgehead atoms. The van der Waals surface area contributed by atoms with Crippen molar-refractivity contribution < 1.29 is 14.1 Å². The van der Waals surface area contributed by atoms with E-state index in [9.17, 15) is 4.79 Å². The smallest absolute Gasteiger partial charge is 0.227 e. The summed E-state index contributed by atoms with van der Waals surface area (Å²) in [5, 5.41) is 6.85. The van der Waals surface area contributed by atoms with E-state index in [2.05, 4.69) is 20.4 Å². The van der Waals surface area contributed by atoms with Gasteiger partial charge in [-0.1, -0.05) is 11.2 Å². The van der Waals surface area contributed by atoms with Gasteiger partial charge in [0.05, 0.1) is 12.1 Å². The molecule has 122 valence electrons. The molecule has 0 aromatic carbocycles. The minimum absolute atomic E-state index is 0.0248. The van der Waals surface area contributed by atoms with E-state index in [1.807, 2.05) is 25.1 Å². The number of hydrogen-bond acceptors (Lipinski definition) is 6. The normalized spacial score (nSPS) is 18.7. The molecule has 2 aromatic heterocycles. The lowest BCUT2D eigenvalue weighted by atomic mass is 10.1. The molecule has 0 radical (unpaired) electrons. The number of hydrogen-bond donors (Lipinski definition) is 1. The van der Waals surface area contributed by atoms with Crippen molar-refractivity contribution >= 4 is 5.91 Å². The Morgan fingerprint density at radius 3 is 3.13 bits per heavy atom. The lowest BCUT2D eigenvalue weighted by Crippen LogP contribution is -2.40. The van der Waals surface area contributed by atoms with Crippen LogP contribution in [0.3, 0.4) is 0 Å². The fraction of sp³-hybridized carbons (Fsp3) is 0.500. The van der Waals surface area contributed by atoms with Gasteiger partial charge in [0.2, 0.25) is 17.6 Å². The summed E-state index contributed by atoms with van der Waals surface area (Å²) in [5.41, 5.74) is 0.652. The van der Waals surface area contributed by atoms with Gasteiger partial charge in [0.25, 0.3) is 0 Å². The molecule has 3 rings (SSSR count). The largest absolute Gasteiger partial charge is 0.376 e. The first-order valence-electron chi connectivity index (χ1n) is 7.87. The Hall–Kier alpha value is -2.28. The number of aromatic nitrogens is 3. The number of aryl methyl sites for hydroxylation is 1. The Balaban J connectivity index is 1.48. The van der Waals surface area contributed by atoms with E-state index in [0.29, 0.717) is 30.3 Å². The highest BCUT2D eigenvalue weighted by atomic mass is 16.5. The minimum Gasteiger partial charge on any atom is -0.376 e. The molecule has 1 fully saturated rings. The molecule has 1 amide bonds. The average Bonchev–Trinajstić information content (AvgIpc) is 3.25. The van der Waals surface area contributed by atoms with Gasteiger partial charge in [0.1, 0.15) is 5.69 Å². The van der Waals surface area contributed by atoms with E-state index >= 15 is 0 Å². The summed E-state index contributed by atoms with van der Waals surface area (Å²) < 4.78 is 10.7. The molecule has 7 nitrogen and oxygen atoms in total. The van der Waals surface area contributed by atoms with E-state index in [-0.39, 0.29) is 18.1 Å². The standard InChI is InChI=1S/C16H20N4O3/c1-11(13-6-4-10-22-13)18-14(21)7-8-15-19-16(20-23-15)12-5-2-3-9-17-12/h2-3,5,9,11,13H,4,6-8,10H2,1H3,(H,18,21)/t11-,13+/m1/s1. The lowest BCUT2D eigenvalue weighted by Gasteiger charge is -2.19. The van der Waals surface area contributed by atoms with Gasteiger partial charge >= 0.3 is 0 Å². The second kappa shape index (κ2) is 7.32. The first-order valence-corrected chi connectivity index (χ1v) is 7.87. The Bertz CT molecular complexity index is 638. The molecule has 23 heavy (non-hydrogen) atoms. The van der Waals surface area contributed by atoms with Crippen LogP contribution in [0.2, 0.25) is 0 Å². The number of nitrogens with zero attached hydrogens (tertiary/aromatic N) is 3. The van der Waals surface area contributed by atoms with Gasteiger partial charge in [-0.05, 0) is 31.9 Å². The summed E-state index contributed by atoms with van der Waals surface area (Å²) in [6, 6.07) is 5.52. The Morgan fingerprint density at radius 2 is 2.39 bits per heavy atom. The van der Waals surface area contributed by atoms with Gasteiger partial charge in [-0.25, -0.2) is 0 Å². The van der Waals surface area contributed by atoms with Gasteiger partial charge in [-0.15, -0.1) is 0 Å². The van der Waals surface area contributed by atoms with Crippen LogP contribution in [0.15, 0.2) is 28.9 Å². The maximum Gasteiger partial charge on any atom is 0.227 e. The van der Waals surface area contributed by atoms with Crippen molar-refractivity contribution in [1.29, 1.82) is 0 Å². The van der Waals surface area contributed by atoms with Crippen LogP contribution in [0.5, 0.6) is 0 Å². The quantitative estimate of drug-likeness (QED) is 0.873. The van der Waals surface area contributed by atoms with Crippen LogP contribution in [0.1, 0.15) is 32.1 Å². The second-order valence-corrected chi connectivity index (χ2v) is 5.63. The number of ether oxygens (including phenoxy) is 1. The Morgan fingerprint density at radius 1 is 1.48 bits per heavy atom. The summed E-state index contributed by atoms with van der Waals surface area (Å²) in [6.45, 7) is 2.75. The fourth-order valence-electron chi connectivity index (χ4n) is 2.59. The van der Waals surface area contributed by atoms with Gasteiger partial charge in [0, 0.05) is 25.6 Å². The van der Waals surface area contributed by atoms with Crippen molar-refractivity contribution in [2.45, 2.75) is 44.8 Å². The predicted octanol–water partition coefficient (Wildman–Crippen LogP) is 1.75. The maximum absolute atomic E-state index is 12.0. The Labute approximate surface area is 134 Å². The maximum atomic E-state index is 12.0. The third-order valence-electron chi connectivity index (χ3n) is 3.84. The average molecular weight is 316 g/mol. The molecular weight excluding hydrogens is 296 g/mol. The van der Waals surface area contributed by atoms with Crippen LogP contribution in [0, 0.1) is 0 Å². The third-order valence-corrected chi connectivity index (χ3v) is 3.84. The number of rotatable bonds is 6. The molecule has 0 aliphatic carbocycles. The molecule has 7 heteroatoms. The van der Waals surface area contributed by atoms with Crippen LogP contribution in [-0.4, -0.2) is 39.8 Å². The van der Waals surface area contributed by atoms with Crippen LogP contribution in [-0.2, 0) is 16.0 Å². The predicted molar refractivity (Wildman–Crippen MR) is 82.4 cm³/mol. The van der Waals surface area contributed by atoms with Crippen LogP contribution < -0.4 is 5.32 Å². The first kappa shape index (κ1) is 15.6. The van der Waals surface area contributed by atoms with E-state index in [1.54, 1.807) is 6.20 Å². The monoisotopic (exact) mass is 316 g/mol. The van der Waals surface area contributed by atoms with E-state index in [0.717, 1.165) is 19.4 Å². The number of amides is 1. The van der Waals surface area contributed by atoms with E-state index in [4.69, 9.17) is 9.26 Å². The highest BCUT2D eigenvalue weighted by Crippen LogP contribution is 2.16. The van der Waals surface area contributed by atoms with Crippen molar-refractivity contribution in [2.24, 2.45) is 0 Å². The topological polar surface area (TPSA) is 90.1 Å². The highest BCUT2D eigenvalue weighted by Gasteiger charge is 2.23.